The molecule has 1 atom stereocenters. The molecule has 2 aromatic rings. The van der Waals surface area contributed by atoms with Crippen LogP contribution in [0.2, 0.25) is 0 Å². The van der Waals surface area contributed by atoms with Gasteiger partial charge < -0.3 is 15.9 Å². The Bertz CT molecular complexity index is 539. The fourth-order valence-corrected chi connectivity index (χ4v) is 1.42. The van der Waals surface area contributed by atoms with E-state index in [9.17, 15) is 4.79 Å². The van der Waals surface area contributed by atoms with Gasteiger partial charge in [-0.25, -0.2) is 4.79 Å². The average molecular weight is 207 g/mol. The molecule has 0 aliphatic rings. The van der Waals surface area contributed by atoms with Crippen LogP contribution < -0.4 is 17.2 Å². The Morgan fingerprint density at radius 3 is 2.93 bits per heavy atom. The molecule has 15 heavy (non-hydrogen) atoms. The van der Waals surface area contributed by atoms with Crippen molar-refractivity contribution in [1.82, 2.24) is 4.98 Å². The summed E-state index contributed by atoms with van der Waals surface area (Å²) in [7, 11) is 0. The minimum atomic E-state index is -0.607. The van der Waals surface area contributed by atoms with E-state index >= 15 is 0 Å². The van der Waals surface area contributed by atoms with Gasteiger partial charge >= 0.3 is 5.76 Å². The number of hydrogen-bond acceptors (Lipinski definition) is 4. The summed E-state index contributed by atoms with van der Waals surface area (Å²) in [5.74, 6) is -0.464. The highest BCUT2D eigenvalue weighted by atomic mass is 16.4. The van der Waals surface area contributed by atoms with E-state index in [4.69, 9.17) is 15.9 Å². The first-order valence-electron chi connectivity index (χ1n) is 4.65. The topological polar surface area (TPSA) is 98.0 Å². The highest BCUT2D eigenvalue weighted by Gasteiger charge is 2.19. The van der Waals surface area contributed by atoms with Crippen LogP contribution in [0.1, 0.15) is 12.5 Å². The van der Waals surface area contributed by atoms with Crippen molar-refractivity contribution in [3.63, 3.8) is 0 Å². The summed E-state index contributed by atoms with van der Waals surface area (Å²) in [6, 6.07) is 5.33. The Kier molecular flexibility index (Phi) is 2.13. The van der Waals surface area contributed by atoms with Gasteiger partial charge in [0.05, 0.1) is 11.1 Å². The van der Waals surface area contributed by atoms with Gasteiger partial charge in [0.25, 0.3) is 0 Å². The maximum atomic E-state index is 10.9. The number of nitrogens with one attached hydrogen (secondary N) is 1. The third-order valence-corrected chi connectivity index (χ3v) is 2.50. The second kappa shape index (κ2) is 3.22. The molecule has 0 aliphatic heterocycles. The van der Waals surface area contributed by atoms with Crippen LogP contribution in [-0.4, -0.2) is 11.5 Å². The first-order valence-corrected chi connectivity index (χ1v) is 4.65. The van der Waals surface area contributed by atoms with Crippen LogP contribution in [0.25, 0.3) is 11.1 Å². The third kappa shape index (κ3) is 1.67. The quantitative estimate of drug-likeness (QED) is 0.657. The van der Waals surface area contributed by atoms with Crippen molar-refractivity contribution in [2.45, 2.75) is 12.5 Å². The molecular weight excluding hydrogens is 194 g/mol. The van der Waals surface area contributed by atoms with Gasteiger partial charge in [0, 0.05) is 6.54 Å². The van der Waals surface area contributed by atoms with Crippen LogP contribution in [0.3, 0.4) is 0 Å². The molecule has 0 bridgehead atoms. The summed E-state index contributed by atoms with van der Waals surface area (Å²) in [4.78, 5) is 13.5. The van der Waals surface area contributed by atoms with Gasteiger partial charge in [-0.3, -0.25) is 4.98 Å². The third-order valence-electron chi connectivity index (χ3n) is 2.50. The highest BCUT2D eigenvalue weighted by Crippen LogP contribution is 2.20. The maximum Gasteiger partial charge on any atom is 0.417 e. The number of aromatic amines is 1. The van der Waals surface area contributed by atoms with Gasteiger partial charge in [-0.2, -0.15) is 0 Å². The van der Waals surface area contributed by atoms with Crippen LogP contribution in [0.4, 0.5) is 0 Å². The van der Waals surface area contributed by atoms with E-state index in [1.807, 2.05) is 13.0 Å². The molecule has 5 nitrogen and oxygen atoms in total. The van der Waals surface area contributed by atoms with E-state index in [-0.39, 0.29) is 0 Å². The van der Waals surface area contributed by atoms with Crippen LogP contribution >= 0.6 is 0 Å². The molecule has 1 heterocycles. The standard InChI is InChI=1S/C10H13N3O2/c1-10(12,5-11)6-2-3-7-8(4-6)15-9(14)13-7/h2-4H,5,11-12H2,1H3,(H,13,14). The van der Waals surface area contributed by atoms with Crippen molar-refractivity contribution >= 4 is 11.1 Å². The van der Waals surface area contributed by atoms with Crippen molar-refractivity contribution in [3.05, 3.63) is 34.3 Å². The van der Waals surface area contributed by atoms with Crippen LogP contribution in [0, 0.1) is 0 Å². The molecule has 5 N–H and O–H groups in total. The first-order chi connectivity index (χ1) is 7.03. The monoisotopic (exact) mass is 207 g/mol. The fourth-order valence-electron chi connectivity index (χ4n) is 1.42. The largest absolute Gasteiger partial charge is 0.417 e. The lowest BCUT2D eigenvalue weighted by molar-refractivity contribution is 0.505. The second-order valence-electron chi connectivity index (χ2n) is 3.85. The highest BCUT2D eigenvalue weighted by molar-refractivity contribution is 5.73. The Labute approximate surface area is 86.1 Å². The molecule has 1 aromatic carbocycles. The zero-order valence-corrected chi connectivity index (χ0v) is 8.41. The van der Waals surface area contributed by atoms with E-state index in [2.05, 4.69) is 4.98 Å². The van der Waals surface area contributed by atoms with Gasteiger partial charge in [-0.15, -0.1) is 0 Å². The summed E-state index contributed by atoms with van der Waals surface area (Å²) in [5, 5.41) is 0. The van der Waals surface area contributed by atoms with Crippen molar-refractivity contribution in [2.75, 3.05) is 6.54 Å². The number of oxazole rings is 1. The average Bonchev–Trinajstić information content (AvgIpc) is 2.56. The summed E-state index contributed by atoms with van der Waals surface area (Å²) < 4.78 is 4.94. The predicted octanol–water partition coefficient (Wildman–Crippen LogP) is 0.254. The molecule has 0 amide bonds. The number of benzene rings is 1. The van der Waals surface area contributed by atoms with Gasteiger partial charge in [0.1, 0.15) is 0 Å². The number of nitrogens with two attached hydrogens (primary N) is 2. The van der Waals surface area contributed by atoms with Crippen molar-refractivity contribution in [1.29, 1.82) is 0 Å². The minimum absolute atomic E-state index is 0.327. The number of H-pyrrole nitrogens is 1. The van der Waals surface area contributed by atoms with E-state index in [0.29, 0.717) is 17.6 Å². The van der Waals surface area contributed by atoms with Crippen LogP contribution in [0.5, 0.6) is 0 Å². The van der Waals surface area contributed by atoms with Crippen LogP contribution in [0.15, 0.2) is 27.4 Å². The van der Waals surface area contributed by atoms with Gasteiger partial charge in [0.15, 0.2) is 5.58 Å². The van der Waals surface area contributed by atoms with Gasteiger partial charge in [0.2, 0.25) is 0 Å². The number of rotatable bonds is 2. The molecule has 1 unspecified atom stereocenters. The molecule has 0 fully saturated rings. The van der Waals surface area contributed by atoms with E-state index in [1.165, 1.54) is 0 Å². The van der Waals surface area contributed by atoms with Gasteiger partial charge in [-0.1, -0.05) is 6.07 Å². The second-order valence-corrected chi connectivity index (χ2v) is 3.85. The molecule has 2 rings (SSSR count). The predicted molar refractivity (Wildman–Crippen MR) is 57.4 cm³/mol. The van der Waals surface area contributed by atoms with Crippen molar-refractivity contribution in [2.24, 2.45) is 11.5 Å². The zero-order chi connectivity index (χ0) is 11.1. The lowest BCUT2D eigenvalue weighted by atomic mass is 9.93. The molecule has 0 saturated heterocycles. The number of fused-ring (bicyclic) bond motifs is 1. The minimum Gasteiger partial charge on any atom is -0.408 e. The van der Waals surface area contributed by atoms with Crippen molar-refractivity contribution < 1.29 is 4.42 Å². The molecule has 0 spiro atoms. The lowest BCUT2D eigenvalue weighted by Crippen LogP contribution is -2.40. The molecule has 0 aliphatic carbocycles. The van der Waals surface area contributed by atoms with Crippen LogP contribution in [-0.2, 0) is 5.54 Å². The summed E-state index contributed by atoms with van der Waals surface area (Å²) >= 11 is 0. The molecule has 0 radical (unpaired) electrons. The smallest absolute Gasteiger partial charge is 0.408 e. The van der Waals surface area contributed by atoms with Crippen molar-refractivity contribution in [3.8, 4) is 0 Å². The molecule has 1 aromatic heterocycles. The maximum absolute atomic E-state index is 10.9. The van der Waals surface area contributed by atoms with E-state index in [1.54, 1.807) is 12.1 Å². The zero-order valence-electron chi connectivity index (χ0n) is 8.41. The molecule has 80 valence electrons. The molecular formula is C10H13N3O2. The normalized spacial score (nSPS) is 15.4. The first kappa shape index (κ1) is 9.95. The van der Waals surface area contributed by atoms with Gasteiger partial charge in [-0.05, 0) is 24.6 Å². The summed E-state index contributed by atoms with van der Waals surface area (Å²) in [6.07, 6.45) is 0. The molecule has 5 heteroatoms. The van der Waals surface area contributed by atoms with E-state index in [0.717, 1.165) is 5.56 Å². The fraction of sp³-hybridized carbons (Fsp3) is 0.300. The lowest BCUT2D eigenvalue weighted by Gasteiger charge is -2.22. The Balaban J connectivity index is 2.60. The number of hydrogen-bond donors (Lipinski definition) is 3. The Hall–Kier alpha value is -1.59. The SMILES string of the molecule is CC(N)(CN)c1ccc2[nH]c(=O)oc2c1. The Morgan fingerprint density at radius 1 is 1.53 bits per heavy atom. The van der Waals surface area contributed by atoms with E-state index < -0.39 is 11.3 Å². The Morgan fingerprint density at radius 2 is 2.27 bits per heavy atom. The summed E-state index contributed by atoms with van der Waals surface area (Å²) in [5.41, 5.74) is 12.9. The number of aromatic nitrogens is 1. The summed E-state index contributed by atoms with van der Waals surface area (Å²) in [6.45, 7) is 2.16. The molecule has 0 saturated carbocycles.